The van der Waals surface area contributed by atoms with Crippen molar-refractivity contribution in [2.24, 2.45) is 0 Å². The van der Waals surface area contributed by atoms with E-state index in [2.05, 4.69) is 21.6 Å². The number of nitrogens with one attached hydrogen (secondary N) is 1. The fraction of sp³-hybridized carbons (Fsp3) is 0.467. The lowest BCUT2D eigenvalue weighted by atomic mass is 10.1. The lowest BCUT2D eigenvalue weighted by Crippen LogP contribution is -2.19. The fourth-order valence-electron chi connectivity index (χ4n) is 2.46. The zero-order chi connectivity index (χ0) is 13.4. The van der Waals surface area contributed by atoms with Gasteiger partial charge in [-0.1, -0.05) is 0 Å². The van der Waals surface area contributed by atoms with Gasteiger partial charge in [0, 0.05) is 31.0 Å². The van der Waals surface area contributed by atoms with Gasteiger partial charge in [0.1, 0.15) is 5.75 Å². The van der Waals surface area contributed by atoms with Gasteiger partial charge < -0.3 is 14.5 Å². The number of hydrogen-bond donors (Lipinski definition) is 1. The highest BCUT2D eigenvalue weighted by Crippen LogP contribution is 2.29. The van der Waals surface area contributed by atoms with E-state index in [0.29, 0.717) is 17.8 Å². The Labute approximate surface area is 117 Å². The maximum Gasteiger partial charge on any atom is 0.247 e. The molecule has 1 aromatic heterocycles. The third kappa shape index (κ3) is 2.41. The summed E-state index contributed by atoms with van der Waals surface area (Å²) in [6.07, 6.45) is 4.34. The molecule has 1 aromatic carbocycles. The lowest BCUT2D eigenvalue weighted by Gasteiger charge is -2.00. The SMILES string of the molecule is c1cc2c(cc1-c1nnc(CCNC3CC3)o1)CCO2. The maximum absolute atomic E-state index is 5.73. The number of rotatable bonds is 5. The minimum atomic E-state index is 0.598. The first-order valence-corrected chi connectivity index (χ1v) is 7.20. The van der Waals surface area contributed by atoms with Gasteiger partial charge in [-0.3, -0.25) is 0 Å². The van der Waals surface area contributed by atoms with E-state index in [9.17, 15) is 0 Å². The summed E-state index contributed by atoms with van der Waals surface area (Å²) >= 11 is 0. The summed E-state index contributed by atoms with van der Waals surface area (Å²) in [5.74, 6) is 2.27. The number of aromatic nitrogens is 2. The topological polar surface area (TPSA) is 60.2 Å². The maximum atomic E-state index is 5.73. The molecule has 20 heavy (non-hydrogen) atoms. The Bertz CT molecular complexity index is 619. The summed E-state index contributed by atoms with van der Waals surface area (Å²) in [5, 5.41) is 11.7. The average molecular weight is 271 g/mol. The Morgan fingerprint density at radius 2 is 2.20 bits per heavy atom. The molecular weight excluding hydrogens is 254 g/mol. The van der Waals surface area contributed by atoms with E-state index < -0.39 is 0 Å². The Morgan fingerprint density at radius 1 is 1.25 bits per heavy atom. The molecule has 0 saturated heterocycles. The summed E-state index contributed by atoms with van der Waals surface area (Å²) in [7, 11) is 0. The molecule has 2 heterocycles. The van der Waals surface area contributed by atoms with E-state index >= 15 is 0 Å². The van der Waals surface area contributed by atoms with Gasteiger partial charge >= 0.3 is 0 Å². The molecule has 1 aliphatic carbocycles. The molecule has 0 unspecified atom stereocenters. The van der Waals surface area contributed by atoms with Gasteiger partial charge in [-0.05, 0) is 36.6 Å². The van der Waals surface area contributed by atoms with E-state index in [-0.39, 0.29) is 0 Å². The molecule has 5 nitrogen and oxygen atoms in total. The second-order valence-electron chi connectivity index (χ2n) is 5.40. The van der Waals surface area contributed by atoms with Crippen LogP contribution in [0.3, 0.4) is 0 Å². The molecule has 5 heteroatoms. The Kier molecular flexibility index (Phi) is 2.92. The summed E-state index contributed by atoms with van der Waals surface area (Å²) in [6, 6.07) is 6.76. The van der Waals surface area contributed by atoms with Gasteiger partial charge in [-0.25, -0.2) is 0 Å². The molecule has 2 aliphatic rings. The number of ether oxygens (including phenoxy) is 1. The van der Waals surface area contributed by atoms with Crippen molar-refractivity contribution in [1.82, 2.24) is 15.5 Å². The Balaban J connectivity index is 1.46. The zero-order valence-electron chi connectivity index (χ0n) is 11.3. The van der Waals surface area contributed by atoms with Crippen molar-refractivity contribution >= 4 is 0 Å². The van der Waals surface area contributed by atoms with Crippen molar-refractivity contribution in [3.05, 3.63) is 29.7 Å². The molecule has 1 fully saturated rings. The van der Waals surface area contributed by atoms with Crippen molar-refractivity contribution in [2.75, 3.05) is 13.2 Å². The number of hydrogen-bond acceptors (Lipinski definition) is 5. The first kappa shape index (κ1) is 11.9. The van der Waals surface area contributed by atoms with Gasteiger partial charge in [0.2, 0.25) is 11.8 Å². The van der Waals surface area contributed by atoms with Crippen LogP contribution in [0.5, 0.6) is 5.75 Å². The molecule has 0 radical (unpaired) electrons. The summed E-state index contributed by atoms with van der Waals surface area (Å²) in [5.41, 5.74) is 2.20. The van der Waals surface area contributed by atoms with E-state index in [1.54, 1.807) is 0 Å². The van der Waals surface area contributed by atoms with Crippen LogP contribution in [-0.4, -0.2) is 29.4 Å². The summed E-state index contributed by atoms with van der Waals surface area (Å²) in [4.78, 5) is 0. The number of nitrogens with zero attached hydrogens (tertiary/aromatic N) is 2. The highest BCUT2D eigenvalue weighted by Gasteiger charge is 2.20. The van der Waals surface area contributed by atoms with E-state index in [0.717, 1.165) is 37.3 Å². The molecule has 2 aromatic rings. The number of fused-ring (bicyclic) bond motifs is 1. The quantitative estimate of drug-likeness (QED) is 0.901. The Hall–Kier alpha value is -1.88. The van der Waals surface area contributed by atoms with Crippen LogP contribution in [0.2, 0.25) is 0 Å². The molecular formula is C15H17N3O2. The highest BCUT2D eigenvalue weighted by molar-refractivity contribution is 5.57. The molecule has 104 valence electrons. The van der Waals surface area contributed by atoms with Gasteiger partial charge in [0.05, 0.1) is 6.61 Å². The molecule has 1 aliphatic heterocycles. The van der Waals surface area contributed by atoms with Crippen LogP contribution in [0.1, 0.15) is 24.3 Å². The van der Waals surface area contributed by atoms with Gasteiger partial charge in [0.15, 0.2) is 0 Å². The van der Waals surface area contributed by atoms with Crippen LogP contribution in [0.4, 0.5) is 0 Å². The predicted molar refractivity (Wildman–Crippen MR) is 73.7 cm³/mol. The third-order valence-electron chi connectivity index (χ3n) is 3.75. The monoisotopic (exact) mass is 271 g/mol. The van der Waals surface area contributed by atoms with Crippen LogP contribution >= 0.6 is 0 Å². The molecule has 1 saturated carbocycles. The average Bonchev–Trinajstić information content (AvgIpc) is 2.99. The molecule has 1 N–H and O–H groups in total. The zero-order valence-corrected chi connectivity index (χ0v) is 11.3. The van der Waals surface area contributed by atoms with Crippen molar-refractivity contribution in [2.45, 2.75) is 31.7 Å². The van der Waals surface area contributed by atoms with Crippen LogP contribution < -0.4 is 10.1 Å². The molecule has 0 bridgehead atoms. The lowest BCUT2D eigenvalue weighted by molar-refractivity contribution is 0.357. The number of benzene rings is 1. The first-order valence-electron chi connectivity index (χ1n) is 7.20. The molecule has 0 amide bonds. The van der Waals surface area contributed by atoms with Crippen LogP contribution in [0, 0.1) is 0 Å². The van der Waals surface area contributed by atoms with Crippen LogP contribution in [0.15, 0.2) is 22.6 Å². The van der Waals surface area contributed by atoms with Gasteiger partial charge in [0.25, 0.3) is 0 Å². The van der Waals surface area contributed by atoms with Crippen LogP contribution in [-0.2, 0) is 12.8 Å². The van der Waals surface area contributed by atoms with Crippen molar-refractivity contribution < 1.29 is 9.15 Å². The van der Waals surface area contributed by atoms with Gasteiger partial charge in [-0.15, -0.1) is 10.2 Å². The van der Waals surface area contributed by atoms with Gasteiger partial charge in [-0.2, -0.15) is 0 Å². The second kappa shape index (κ2) is 4.90. The van der Waals surface area contributed by atoms with E-state index in [1.165, 1.54) is 18.4 Å². The summed E-state index contributed by atoms with van der Waals surface area (Å²) < 4.78 is 11.2. The minimum Gasteiger partial charge on any atom is -0.493 e. The van der Waals surface area contributed by atoms with Crippen molar-refractivity contribution in [3.63, 3.8) is 0 Å². The molecule has 4 rings (SSSR count). The second-order valence-corrected chi connectivity index (χ2v) is 5.40. The standard InChI is InChI=1S/C15H17N3O2/c1-4-13-10(6-8-19-13)9-11(1)15-18-17-14(20-15)5-7-16-12-2-3-12/h1,4,9,12,16H,2-3,5-8H2. The molecule has 0 spiro atoms. The van der Waals surface area contributed by atoms with Crippen LogP contribution in [0.25, 0.3) is 11.5 Å². The Morgan fingerprint density at radius 3 is 3.10 bits per heavy atom. The van der Waals surface area contributed by atoms with Crippen molar-refractivity contribution in [1.29, 1.82) is 0 Å². The summed E-state index contributed by atoms with van der Waals surface area (Å²) in [6.45, 7) is 1.67. The first-order chi connectivity index (χ1) is 9.88. The normalized spacial score (nSPS) is 17.0. The smallest absolute Gasteiger partial charge is 0.247 e. The fourth-order valence-corrected chi connectivity index (χ4v) is 2.46. The predicted octanol–water partition coefficient (Wildman–Crippen LogP) is 1.97. The third-order valence-corrected chi connectivity index (χ3v) is 3.75. The highest BCUT2D eigenvalue weighted by atomic mass is 16.5. The largest absolute Gasteiger partial charge is 0.493 e. The minimum absolute atomic E-state index is 0.598. The van der Waals surface area contributed by atoms with E-state index in [4.69, 9.17) is 9.15 Å². The van der Waals surface area contributed by atoms with Crippen molar-refractivity contribution in [3.8, 4) is 17.2 Å². The van der Waals surface area contributed by atoms with E-state index in [1.807, 2.05) is 12.1 Å². The molecule has 0 atom stereocenters.